The Morgan fingerprint density at radius 2 is 2.12 bits per heavy atom. The molecule has 2 unspecified atom stereocenters. The average molecular weight is 226 g/mol. The molecule has 1 saturated heterocycles. The number of hydrogen-bond acceptors (Lipinski definition) is 2. The highest BCUT2D eigenvalue weighted by Gasteiger charge is 2.32. The van der Waals surface area contributed by atoms with E-state index in [9.17, 15) is 4.79 Å². The van der Waals surface area contributed by atoms with Crippen LogP contribution in [0, 0.1) is 11.3 Å². The Morgan fingerprint density at radius 3 is 2.50 bits per heavy atom. The van der Waals surface area contributed by atoms with Gasteiger partial charge in [-0.3, -0.25) is 4.79 Å². The second-order valence-corrected chi connectivity index (χ2v) is 5.98. The number of nitrogens with one attached hydrogen (secondary N) is 1. The van der Waals surface area contributed by atoms with E-state index < -0.39 is 0 Å². The zero-order valence-electron chi connectivity index (χ0n) is 11.3. The van der Waals surface area contributed by atoms with E-state index >= 15 is 0 Å². The van der Waals surface area contributed by atoms with Gasteiger partial charge in [-0.1, -0.05) is 34.1 Å². The first-order valence-corrected chi connectivity index (χ1v) is 6.33. The summed E-state index contributed by atoms with van der Waals surface area (Å²) < 4.78 is 0. The third-order valence-electron chi connectivity index (χ3n) is 3.67. The predicted octanol–water partition coefficient (Wildman–Crippen LogP) is 1.88. The smallest absolute Gasteiger partial charge is 0.222 e. The van der Waals surface area contributed by atoms with Crippen LogP contribution in [0.5, 0.6) is 0 Å². The van der Waals surface area contributed by atoms with E-state index in [-0.39, 0.29) is 5.41 Å². The molecule has 1 heterocycles. The Kier molecular flexibility index (Phi) is 4.36. The summed E-state index contributed by atoms with van der Waals surface area (Å²) in [4.78, 5) is 13.8. The van der Waals surface area contributed by atoms with Crippen molar-refractivity contribution in [3.63, 3.8) is 0 Å². The van der Waals surface area contributed by atoms with E-state index in [1.807, 2.05) is 11.9 Å². The summed E-state index contributed by atoms with van der Waals surface area (Å²) in [6.07, 6.45) is 1.86. The first-order valence-electron chi connectivity index (χ1n) is 6.33. The molecule has 1 amide bonds. The molecule has 1 aliphatic rings. The van der Waals surface area contributed by atoms with Crippen molar-refractivity contribution in [2.45, 2.75) is 46.6 Å². The molecule has 0 aromatic carbocycles. The van der Waals surface area contributed by atoms with Crippen LogP contribution in [0.15, 0.2) is 0 Å². The van der Waals surface area contributed by atoms with E-state index in [4.69, 9.17) is 0 Å². The first kappa shape index (κ1) is 13.5. The minimum Gasteiger partial charge on any atom is -0.341 e. The fourth-order valence-corrected chi connectivity index (χ4v) is 2.32. The normalized spacial score (nSPS) is 23.9. The van der Waals surface area contributed by atoms with E-state index in [1.165, 1.54) is 0 Å². The van der Waals surface area contributed by atoms with Gasteiger partial charge in [0.2, 0.25) is 5.91 Å². The maximum Gasteiger partial charge on any atom is 0.222 e. The molecule has 1 N–H and O–H groups in total. The number of nitrogens with zero attached hydrogens (tertiary/aromatic N) is 1. The van der Waals surface area contributed by atoms with Crippen molar-refractivity contribution in [1.29, 1.82) is 0 Å². The van der Waals surface area contributed by atoms with Gasteiger partial charge in [0.15, 0.2) is 0 Å². The third kappa shape index (κ3) is 3.21. The van der Waals surface area contributed by atoms with Gasteiger partial charge in [0.05, 0.1) is 0 Å². The molecule has 0 aromatic rings. The van der Waals surface area contributed by atoms with Crippen molar-refractivity contribution in [2.75, 3.05) is 20.1 Å². The van der Waals surface area contributed by atoms with E-state index in [1.54, 1.807) is 0 Å². The second kappa shape index (κ2) is 5.17. The topological polar surface area (TPSA) is 32.3 Å². The molecule has 94 valence electrons. The molecular weight excluding hydrogens is 200 g/mol. The van der Waals surface area contributed by atoms with E-state index in [0.29, 0.717) is 17.9 Å². The largest absolute Gasteiger partial charge is 0.341 e. The maximum absolute atomic E-state index is 11.8. The number of amides is 1. The fourth-order valence-electron chi connectivity index (χ4n) is 2.32. The molecule has 0 saturated carbocycles. The maximum atomic E-state index is 11.8. The summed E-state index contributed by atoms with van der Waals surface area (Å²) in [6, 6.07) is 0.368. The minimum absolute atomic E-state index is 0.194. The highest BCUT2D eigenvalue weighted by atomic mass is 16.2. The lowest BCUT2D eigenvalue weighted by atomic mass is 9.86. The molecule has 1 aliphatic heterocycles. The number of rotatable bonds is 4. The molecule has 3 nitrogen and oxygen atoms in total. The molecule has 0 spiro atoms. The summed E-state index contributed by atoms with van der Waals surface area (Å²) in [5, 5.41) is 3.33. The van der Waals surface area contributed by atoms with Crippen molar-refractivity contribution in [3.05, 3.63) is 0 Å². The van der Waals surface area contributed by atoms with Crippen LogP contribution in [0.4, 0.5) is 0 Å². The Labute approximate surface area is 99.6 Å². The van der Waals surface area contributed by atoms with E-state index in [0.717, 1.165) is 25.9 Å². The van der Waals surface area contributed by atoms with Crippen LogP contribution in [-0.2, 0) is 4.79 Å². The third-order valence-corrected chi connectivity index (χ3v) is 3.67. The van der Waals surface area contributed by atoms with Gasteiger partial charge in [-0.15, -0.1) is 0 Å². The number of carbonyl (C=O) groups is 1. The van der Waals surface area contributed by atoms with Gasteiger partial charge in [0.25, 0.3) is 0 Å². The van der Waals surface area contributed by atoms with Gasteiger partial charge in [-0.2, -0.15) is 0 Å². The zero-order valence-corrected chi connectivity index (χ0v) is 11.3. The molecule has 0 aromatic heterocycles. The molecule has 3 heteroatoms. The van der Waals surface area contributed by atoms with Gasteiger partial charge in [0, 0.05) is 25.6 Å². The summed E-state index contributed by atoms with van der Waals surface area (Å²) in [7, 11) is 1.98. The molecular formula is C13H26N2O. The molecule has 16 heavy (non-hydrogen) atoms. The van der Waals surface area contributed by atoms with Crippen LogP contribution in [-0.4, -0.2) is 37.0 Å². The molecule has 1 fully saturated rings. The van der Waals surface area contributed by atoms with Crippen molar-refractivity contribution in [2.24, 2.45) is 11.3 Å². The predicted molar refractivity (Wildman–Crippen MR) is 67.3 cm³/mol. The summed E-state index contributed by atoms with van der Waals surface area (Å²) >= 11 is 0. The Balaban J connectivity index is 2.56. The number of carbonyl (C=O) groups excluding carboxylic acids is 1. The van der Waals surface area contributed by atoms with Gasteiger partial charge in [0.1, 0.15) is 0 Å². The first-order chi connectivity index (χ1) is 7.38. The Bertz CT molecular complexity index is 245. The highest BCUT2D eigenvalue weighted by Crippen LogP contribution is 2.25. The van der Waals surface area contributed by atoms with Crippen LogP contribution in [0.1, 0.15) is 40.5 Å². The Morgan fingerprint density at radius 1 is 1.50 bits per heavy atom. The summed E-state index contributed by atoms with van der Waals surface area (Å²) in [5.74, 6) is 0.904. The van der Waals surface area contributed by atoms with Gasteiger partial charge in [-0.25, -0.2) is 0 Å². The van der Waals surface area contributed by atoms with E-state index in [2.05, 4.69) is 33.0 Å². The zero-order chi connectivity index (χ0) is 12.3. The van der Waals surface area contributed by atoms with Crippen molar-refractivity contribution in [1.82, 2.24) is 10.2 Å². The Hall–Kier alpha value is -0.570. The molecule has 2 atom stereocenters. The minimum atomic E-state index is 0.194. The van der Waals surface area contributed by atoms with Crippen molar-refractivity contribution < 1.29 is 4.79 Å². The van der Waals surface area contributed by atoms with Crippen LogP contribution in [0.3, 0.4) is 0 Å². The second-order valence-electron chi connectivity index (χ2n) is 5.98. The fraction of sp³-hybridized carbons (Fsp3) is 0.923. The van der Waals surface area contributed by atoms with Crippen LogP contribution in [0.2, 0.25) is 0 Å². The summed E-state index contributed by atoms with van der Waals surface area (Å²) in [5.41, 5.74) is 0.194. The lowest BCUT2D eigenvalue weighted by Gasteiger charge is -2.33. The van der Waals surface area contributed by atoms with Crippen LogP contribution >= 0.6 is 0 Å². The lowest BCUT2D eigenvalue weighted by Crippen LogP contribution is -2.47. The highest BCUT2D eigenvalue weighted by molar-refractivity contribution is 5.78. The number of likely N-dealkylation sites (tertiary alicyclic amines) is 1. The number of hydrogen-bond donors (Lipinski definition) is 1. The average Bonchev–Trinajstić information content (AvgIpc) is 2.54. The number of likely N-dealkylation sites (N-methyl/N-ethyl adjacent to an activating group) is 1. The summed E-state index contributed by atoms with van der Waals surface area (Å²) in [6.45, 7) is 10.6. The van der Waals surface area contributed by atoms with Gasteiger partial charge in [-0.05, 0) is 18.4 Å². The van der Waals surface area contributed by atoms with Crippen LogP contribution < -0.4 is 5.32 Å². The molecule has 0 aliphatic carbocycles. The molecule has 0 radical (unpaired) electrons. The standard InChI is InChI=1S/C13H26N2O/c1-6-10-7-12(16)15(8-10)9-11(14-5)13(2,3)4/h10-11,14H,6-9H2,1-5H3. The quantitative estimate of drug-likeness (QED) is 0.794. The van der Waals surface area contributed by atoms with Gasteiger partial charge < -0.3 is 10.2 Å². The van der Waals surface area contributed by atoms with Crippen molar-refractivity contribution >= 4 is 5.91 Å². The monoisotopic (exact) mass is 226 g/mol. The lowest BCUT2D eigenvalue weighted by molar-refractivity contribution is -0.128. The molecule has 0 bridgehead atoms. The van der Waals surface area contributed by atoms with Crippen LogP contribution in [0.25, 0.3) is 0 Å². The SMILES string of the molecule is CCC1CC(=O)N(CC(NC)C(C)(C)C)C1. The van der Waals surface area contributed by atoms with Gasteiger partial charge >= 0.3 is 0 Å². The molecule has 1 rings (SSSR count). The van der Waals surface area contributed by atoms with Crippen molar-refractivity contribution in [3.8, 4) is 0 Å².